The fourth-order valence-electron chi connectivity index (χ4n) is 3.99. The molecule has 8 heteroatoms. The molecule has 26 heavy (non-hydrogen) atoms. The molecule has 0 bridgehead atoms. The predicted molar refractivity (Wildman–Crippen MR) is 88.1 cm³/mol. The maximum atomic E-state index is 13.8. The molecule has 2 fully saturated rings. The van der Waals surface area contributed by atoms with Gasteiger partial charge in [0.1, 0.15) is 5.60 Å². The smallest absolute Gasteiger partial charge is 0.257 e. The Kier molecular flexibility index (Phi) is 5.28. The minimum Gasteiger partial charge on any atom is -0.395 e. The molecule has 2 aliphatic heterocycles. The van der Waals surface area contributed by atoms with Crippen LogP contribution in [0.4, 0.5) is 13.2 Å². The standard InChI is InChI=1S/C18H23F3N2O3/c1-11(8-24)23-7-3-2-4-14(23)18(26)9-22(10-18)17(25)12-5-6-13(19)16(21)15(12)20/h5-6,11,14,24,26H,2-4,7-10H2,1H3/t11-,14-/m0/s1. The molecule has 144 valence electrons. The van der Waals surface area contributed by atoms with Gasteiger partial charge in [0.2, 0.25) is 0 Å². The average molecular weight is 372 g/mol. The normalized spacial score (nSPS) is 24.2. The largest absolute Gasteiger partial charge is 0.395 e. The van der Waals surface area contributed by atoms with Gasteiger partial charge in [-0.2, -0.15) is 0 Å². The molecular weight excluding hydrogens is 349 g/mol. The van der Waals surface area contributed by atoms with E-state index in [9.17, 15) is 28.2 Å². The summed E-state index contributed by atoms with van der Waals surface area (Å²) < 4.78 is 40.2. The van der Waals surface area contributed by atoms with Gasteiger partial charge in [-0.05, 0) is 38.4 Å². The molecule has 0 aromatic heterocycles. The highest BCUT2D eigenvalue weighted by atomic mass is 19.2. The Labute approximate surface area is 150 Å². The molecule has 1 amide bonds. The van der Waals surface area contributed by atoms with Crippen molar-refractivity contribution in [2.75, 3.05) is 26.2 Å². The molecule has 1 aromatic carbocycles. The summed E-state index contributed by atoms with van der Waals surface area (Å²) in [6, 6.07) is 1.30. The molecule has 0 unspecified atom stereocenters. The van der Waals surface area contributed by atoms with Crippen molar-refractivity contribution >= 4 is 5.91 Å². The van der Waals surface area contributed by atoms with Crippen LogP contribution in [0.1, 0.15) is 36.5 Å². The molecule has 2 atom stereocenters. The third-order valence-electron chi connectivity index (χ3n) is 5.48. The highest BCUT2D eigenvalue weighted by Gasteiger charge is 2.52. The van der Waals surface area contributed by atoms with Crippen LogP contribution in [0.15, 0.2) is 12.1 Å². The second kappa shape index (κ2) is 7.17. The van der Waals surface area contributed by atoms with Crippen LogP contribution in [-0.2, 0) is 0 Å². The van der Waals surface area contributed by atoms with E-state index >= 15 is 0 Å². The van der Waals surface area contributed by atoms with Crippen molar-refractivity contribution in [3.63, 3.8) is 0 Å². The van der Waals surface area contributed by atoms with Crippen molar-refractivity contribution in [3.05, 3.63) is 35.1 Å². The molecule has 5 nitrogen and oxygen atoms in total. The molecule has 0 radical (unpaired) electrons. The fraction of sp³-hybridized carbons (Fsp3) is 0.611. The van der Waals surface area contributed by atoms with Crippen LogP contribution in [0.5, 0.6) is 0 Å². The highest BCUT2D eigenvalue weighted by molar-refractivity contribution is 5.95. The Morgan fingerprint density at radius 3 is 2.62 bits per heavy atom. The molecule has 2 aliphatic rings. The Morgan fingerprint density at radius 2 is 1.96 bits per heavy atom. The van der Waals surface area contributed by atoms with E-state index < -0.39 is 34.5 Å². The van der Waals surface area contributed by atoms with Crippen molar-refractivity contribution in [2.24, 2.45) is 0 Å². The number of carbonyl (C=O) groups excluding carboxylic acids is 1. The number of halogens is 3. The topological polar surface area (TPSA) is 64.0 Å². The van der Waals surface area contributed by atoms with Crippen molar-refractivity contribution in [1.82, 2.24) is 9.80 Å². The number of β-amino-alcohol motifs (C(OH)–C–C–N with tert-alkyl or cyclic N) is 1. The van der Waals surface area contributed by atoms with Crippen molar-refractivity contribution in [3.8, 4) is 0 Å². The molecule has 2 heterocycles. The first kappa shape index (κ1) is 19.1. The van der Waals surface area contributed by atoms with Crippen LogP contribution >= 0.6 is 0 Å². The molecule has 0 spiro atoms. The number of aliphatic hydroxyl groups excluding tert-OH is 1. The summed E-state index contributed by atoms with van der Waals surface area (Å²) >= 11 is 0. The number of nitrogens with zero attached hydrogens (tertiary/aromatic N) is 2. The summed E-state index contributed by atoms with van der Waals surface area (Å²) in [5.74, 6) is -5.32. The Hall–Kier alpha value is -1.64. The first-order valence-electron chi connectivity index (χ1n) is 8.80. The molecule has 2 saturated heterocycles. The van der Waals surface area contributed by atoms with Gasteiger partial charge in [-0.1, -0.05) is 6.42 Å². The molecule has 3 rings (SSSR count). The first-order valence-corrected chi connectivity index (χ1v) is 8.80. The molecular formula is C18H23F3N2O3. The number of likely N-dealkylation sites (tertiary alicyclic amines) is 2. The molecule has 2 N–H and O–H groups in total. The second-order valence-corrected chi connectivity index (χ2v) is 7.27. The van der Waals surface area contributed by atoms with Gasteiger partial charge < -0.3 is 15.1 Å². The number of carbonyl (C=O) groups is 1. The van der Waals surface area contributed by atoms with Gasteiger partial charge in [0.15, 0.2) is 17.5 Å². The van der Waals surface area contributed by atoms with E-state index in [1.165, 1.54) is 4.90 Å². The van der Waals surface area contributed by atoms with E-state index in [0.29, 0.717) is 6.07 Å². The lowest BCUT2D eigenvalue weighted by Gasteiger charge is -2.55. The molecule has 1 aromatic rings. The lowest BCUT2D eigenvalue weighted by atomic mass is 9.79. The number of benzene rings is 1. The minimum atomic E-state index is -1.68. The van der Waals surface area contributed by atoms with E-state index in [-0.39, 0.29) is 31.8 Å². The SMILES string of the molecule is C[C@@H](CO)N1CCCC[C@H]1C1(O)CN(C(=O)c2ccc(F)c(F)c2F)C1. The van der Waals surface area contributed by atoms with Gasteiger partial charge in [0.25, 0.3) is 5.91 Å². The van der Waals surface area contributed by atoms with Gasteiger partial charge in [-0.15, -0.1) is 0 Å². The van der Waals surface area contributed by atoms with E-state index in [1.54, 1.807) is 0 Å². The second-order valence-electron chi connectivity index (χ2n) is 7.27. The van der Waals surface area contributed by atoms with Crippen LogP contribution in [0, 0.1) is 17.5 Å². The Bertz CT molecular complexity index is 695. The summed E-state index contributed by atoms with van der Waals surface area (Å²) in [5.41, 5.74) is -1.70. The predicted octanol–water partition coefficient (Wildman–Crippen LogP) is 1.53. The first-order chi connectivity index (χ1) is 12.3. The number of amides is 1. The third-order valence-corrected chi connectivity index (χ3v) is 5.48. The van der Waals surface area contributed by atoms with Gasteiger partial charge in [0.05, 0.1) is 25.3 Å². The summed E-state index contributed by atoms with van der Waals surface area (Å²) in [7, 11) is 0. The summed E-state index contributed by atoms with van der Waals surface area (Å²) in [6.07, 6.45) is 2.65. The van der Waals surface area contributed by atoms with Crippen LogP contribution in [0.3, 0.4) is 0 Å². The number of rotatable bonds is 4. The Morgan fingerprint density at radius 1 is 1.27 bits per heavy atom. The van der Waals surface area contributed by atoms with Crippen LogP contribution in [0.25, 0.3) is 0 Å². The lowest BCUT2D eigenvalue weighted by Crippen LogP contribution is -2.73. The maximum absolute atomic E-state index is 13.8. The van der Waals surface area contributed by atoms with E-state index in [1.807, 2.05) is 11.8 Å². The molecule has 0 saturated carbocycles. The quantitative estimate of drug-likeness (QED) is 0.787. The minimum absolute atomic E-state index is 0.0103. The molecule has 0 aliphatic carbocycles. The Balaban J connectivity index is 1.72. The number of hydrogen-bond acceptors (Lipinski definition) is 4. The fourth-order valence-corrected chi connectivity index (χ4v) is 3.99. The summed E-state index contributed by atoms with van der Waals surface area (Å²) in [5, 5.41) is 20.4. The third kappa shape index (κ3) is 3.21. The van der Waals surface area contributed by atoms with Crippen molar-refractivity contribution in [1.29, 1.82) is 0 Å². The van der Waals surface area contributed by atoms with Gasteiger partial charge >= 0.3 is 0 Å². The van der Waals surface area contributed by atoms with Crippen LogP contribution in [0.2, 0.25) is 0 Å². The zero-order valence-electron chi connectivity index (χ0n) is 14.6. The highest BCUT2D eigenvalue weighted by Crippen LogP contribution is 2.35. The van der Waals surface area contributed by atoms with Gasteiger partial charge in [-0.25, -0.2) is 13.2 Å². The van der Waals surface area contributed by atoms with Crippen LogP contribution < -0.4 is 0 Å². The van der Waals surface area contributed by atoms with Gasteiger partial charge in [0, 0.05) is 12.1 Å². The monoisotopic (exact) mass is 372 g/mol. The van der Waals surface area contributed by atoms with E-state index in [4.69, 9.17) is 0 Å². The summed E-state index contributed by atoms with van der Waals surface area (Å²) in [6.45, 7) is 2.57. The average Bonchev–Trinajstić information content (AvgIpc) is 2.62. The lowest BCUT2D eigenvalue weighted by molar-refractivity contribution is -0.148. The van der Waals surface area contributed by atoms with E-state index in [2.05, 4.69) is 0 Å². The summed E-state index contributed by atoms with van der Waals surface area (Å²) in [4.78, 5) is 15.7. The zero-order chi connectivity index (χ0) is 19.1. The number of aliphatic hydroxyl groups is 2. The van der Waals surface area contributed by atoms with Crippen molar-refractivity contribution < 1.29 is 28.2 Å². The van der Waals surface area contributed by atoms with Crippen LogP contribution in [-0.4, -0.2) is 69.8 Å². The maximum Gasteiger partial charge on any atom is 0.257 e. The van der Waals surface area contributed by atoms with E-state index in [0.717, 1.165) is 31.9 Å². The van der Waals surface area contributed by atoms with Gasteiger partial charge in [-0.3, -0.25) is 9.69 Å². The zero-order valence-corrected chi connectivity index (χ0v) is 14.6. The van der Waals surface area contributed by atoms with Crippen molar-refractivity contribution in [2.45, 2.75) is 43.9 Å². The number of piperidine rings is 1. The number of hydrogen-bond donors (Lipinski definition) is 2.